The van der Waals surface area contributed by atoms with Gasteiger partial charge in [0.1, 0.15) is 11.6 Å². The zero-order valence-electron chi connectivity index (χ0n) is 15.5. The molecule has 0 bridgehead atoms. The van der Waals surface area contributed by atoms with Crippen molar-refractivity contribution in [3.8, 4) is 11.4 Å². The molecule has 0 radical (unpaired) electrons. The number of aromatic nitrogens is 5. The number of allylic oxidation sites excluding steroid dienone is 1. The van der Waals surface area contributed by atoms with Crippen LogP contribution in [0.25, 0.3) is 22.3 Å². The second-order valence-electron chi connectivity index (χ2n) is 6.32. The number of nitrogens with one attached hydrogen (secondary N) is 1. The Kier molecular flexibility index (Phi) is 4.87. The van der Waals surface area contributed by atoms with Gasteiger partial charge < -0.3 is 9.40 Å². The fourth-order valence-electron chi connectivity index (χ4n) is 3.00. The fourth-order valence-corrected chi connectivity index (χ4v) is 3.91. The van der Waals surface area contributed by atoms with Crippen LogP contribution in [0.5, 0.6) is 0 Å². The Labute approximate surface area is 165 Å². The lowest BCUT2D eigenvalue weighted by atomic mass is 10.2. The van der Waals surface area contributed by atoms with E-state index in [1.807, 2.05) is 42.7 Å². The fraction of sp³-hybridized carbons (Fsp3) is 0.200. The molecular weight excluding hydrogens is 374 g/mol. The normalized spacial score (nSPS) is 12.4. The lowest BCUT2D eigenvalue weighted by Gasteiger charge is -2.12. The van der Waals surface area contributed by atoms with Crippen LogP contribution >= 0.6 is 11.8 Å². The van der Waals surface area contributed by atoms with E-state index in [2.05, 4.69) is 26.7 Å². The Bertz CT molecular complexity index is 1210. The highest BCUT2D eigenvalue weighted by molar-refractivity contribution is 7.99. The molecule has 0 spiro atoms. The van der Waals surface area contributed by atoms with Crippen molar-refractivity contribution in [2.45, 2.75) is 30.8 Å². The van der Waals surface area contributed by atoms with Gasteiger partial charge in [0.25, 0.3) is 5.56 Å². The van der Waals surface area contributed by atoms with Gasteiger partial charge in [0, 0.05) is 6.54 Å². The molecule has 0 saturated heterocycles. The molecule has 28 heavy (non-hydrogen) atoms. The predicted octanol–water partition coefficient (Wildman–Crippen LogP) is 4.12. The standard InChI is InChI=1S/C20H19N5O2S/c1-4-10-25-18(14-9-11-27-12(14)2)23-24-20(25)28-13(3)17-21-16-8-6-5-7-15(16)19(26)22-17/h4-9,11,13H,1,10H2,2-3H3,(H,21,22,26)/t13-/m1/s1. The lowest BCUT2D eigenvalue weighted by Crippen LogP contribution is -2.13. The molecule has 0 aliphatic carbocycles. The number of fused-ring (bicyclic) bond motifs is 1. The maximum atomic E-state index is 12.4. The van der Waals surface area contributed by atoms with Crippen molar-refractivity contribution in [3.63, 3.8) is 0 Å². The van der Waals surface area contributed by atoms with Crippen LogP contribution in [-0.4, -0.2) is 24.7 Å². The second kappa shape index (κ2) is 7.47. The van der Waals surface area contributed by atoms with Gasteiger partial charge in [-0.25, -0.2) is 4.98 Å². The van der Waals surface area contributed by atoms with E-state index in [1.165, 1.54) is 11.8 Å². The maximum absolute atomic E-state index is 12.4. The number of H-pyrrole nitrogens is 1. The second-order valence-corrected chi connectivity index (χ2v) is 7.63. The predicted molar refractivity (Wildman–Crippen MR) is 109 cm³/mol. The Hall–Kier alpha value is -3.13. The van der Waals surface area contributed by atoms with Crippen molar-refractivity contribution in [2.24, 2.45) is 0 Å². The number of para-hydroxylation sites is 1. The minimum absolute atomic E-state index is 0.122. The molecule has 8 heteroatoms. The number of hydrogen-bond acceptors (Lipinski definition) is 6. The average Bonchev–Trinajstić information content (AvgIpc) is 3.28. The third kappa shape index (κ3) is 3.27. The number of benzene rings is 1. The van der Waals surface area contributed by atoms with E-state index in [9.17, 15) is 4.79 Å². The number of furan rings is 1. The number of hydrogen-bond donors (Lipinski definition) is 1. The summed E-state index contributed by atoms with van der Waals surface area (Å²) in [6.07, 6.45) is 3.43. The zero-order valence-corrected chi connectivity index (χ0v) is 16.4. The number of rotatable bonds is 6. The summed E-state index contributed by atoms with van der Waals surface area (Å²) in [5.41, 5.74) is 1.43. The van der Waals surface area contributed by atoms with Crippen LogP contribution in [0.1, 0.15) is 23.8 Å². The largest absolute Gasteiger partial charge is 0.469 e. The van der Waals surface area contributed by atoms with E-state index in [-0.39, 0.29) is 10.8 Å². The van der Waals surface area contributed by atoms with E-state index in [1.54, 1.807) is 18.4 Å². The van der Waals surface area contributed by atoms with Crippen LogP contribution in [0.3, 0.4) is 0 Å². The Morgan fingerprint density at radius 1 is 1.32 bits per heavy atom. The van der Waals surface area contributed by atoms with Crippen molar-refractivity contribution in [1.82, 2.24) is 24.7 Å². The van der Waals surface area contributed by atoms with Crippen molar-refractivity contribution in [1.29, 1.82) is 0 Å². The molecule has 3 heterocycles. The smallest absolute Gasteiger partial charge is 0.258 e. The molecule has 1 aromatic carbocycles. The molecule has 4 aromatic rings. The summed E-state index contributed by atoms with van der Waals surface area (Å²) in [6, 6.07) is 9.18. The lowest BCUT2D eigenvalue weighted by molar-refractivity contribution is 0.534. The molecule has 0 saturated carbocycles. The van der Waals surface area contributed by atoms with Crippen molar-refractivity contribution in [2.75, 3.05) is 0 Å². The molecule has 0 aliphatic heterocycles. The van der Waals surface area contributed by atoms with Crippen molar-refractivity contribution >= 4 is 22.7 Å². The molecule has 3 aromatic heterocycles. The number of aryl methyl sites for hydroxylation is 1. The minimum atomic E-state index is -0.143. The van der Waals surface area contributed by atoms with Gasteiger partial charge in [-0.15, -0.1) is 16.8 Å². The third-order valence-electron chi connectivity index (χ3n) is 4.43. The summed E-state index contributed by atoms with van der Waals surface area (Å²) >= 11 is 1.48. The van der Waals surface area contributed by atoms with E-state index in [0.717, 1.165) is 22.3 Å². The number of aromatic amines is 1. The summed E-state index contributed by atoms with van der Waals surface area (Å²) < 4.78 is 7.38. The first-order chi connectivity index (χ1) is 13.6. The summed E-state index contributed by atoms with van der Waals surface area (Å²) in [6.45, 7) is 8.26. The van der Waals surface area contributed by atoms with Gasteiger partial charge in [-0.3, -0.25) is 9.36 Å². The Balaban J connectivity index is 1.69. The summed E-state index contributed by atoms with van der Waals surface area (Å²) in [5, 5.41) is 9.87. The first kappa shape index (κ1) is 18.2. The van der Waals surface area contributed by atoms with Crippen LogP contribution in [-0.2, 0) is 6.54 Å². The monoisotopic (exact) mass is 393 g/mol. The van der Waals surface area contributed by atoms with Crippen LogP contribution < -0.4 is 5.56 Å². The first-order valence-electron chi connectivity index (χ1n) is 8.82. The number of nitrogens with zero attached hydrogens (tertiary/aromatic N) is 4. The third-order valence-corrected chi connectivity index (χ3v) is 5.52. The van der Waals surface area contributed by atoms with Gasteiger partial charge in [-0.05, 0) is 32.0 Å². The molecule has 4 rings (SSSR count). The summed E-state index contributed by atoms with van der Waals surface area (Å²) in [4.78, 5) is 19.9. The molecule has 1 atom stereocenters. The first-order valence-corrected chi connectivity index (χ1v) is 9.70. The molecule has 142 valence electrons. The highest BCUT2D eigenvalue weighted by atomic mass is 32.2. The highest BCUT2D eigenvalue weighted by Gasteiger charge is 2.20. The molecule has 0 aliphatic rings. The van der Waals surface area contributed by atoms with E-state index < -0.39 is 0 Å². The number of thioether (sulfide) groups is 1. The van der Waals surface area contributed by atoms with Crippen molar-refractivity contribution < 1.29 is 4.42 Å². The maximum Gasteiger partial charge on any atom is 0.258 e. The van der Waals surface area contributed by atoms with Gasteiger partial charge in [-0.1, -0.05) is 30.0 Å². The molecule has 0 fully saturated rings. The van der Waals surface area contributed by atoms with Gasteiger partial charge >= 0.3 is 0 Å². The quantitative estimate of drug-likeness (QED) is 0.391. The van der Waals surface area contributed by atoms with Crippen LogP contribution in [0.15, 0.2) is 63.6 Å². The topological polar surface area (TPSA) is 89.6 Å². The van der Waals surface area contributed by atoms with Gasteiger partial charge in [0.2, 0.25) is 0 Å². The van der Waals surface area contributed by atoms with E-state index >= 15 is 0 Å². The summed E-state index contributed by atoms with van der Waals surface area (Å²) in [7, 11) is 0. The zero-order chi connectivity index (χ0) is 19.7. The van der Waals surface area contributed by atoms with Gasteiger partial charge in [-0.2, -0.15) is 0 Å². The Morgan fingerprint density at radius 3 is 2.89 bits per heavy atom. The minimum Gasteiger partial charge on any atom is -0.469 e. The molecule has 0 unspecified atom stereocenters. The molecule has 0 amide bonds. The van der Waals surface area contributed by atoms with Gasteiger partial charge in [0.15, 0.2) is 11.0 Å². The van der Waals surface area contributed by atoms with E-state index in [4.69, 9.17) is 4.42 Å². The average molecular weight is 393 g/mol. The molecular formula is C20H19N5O2S. The van der Waals surface area contributed by atoms with Crippen molar-refractivity contribution in [3.05, 3.63) is 71.2 Å². The Morgan fingerprint density at radius 2 is 2.14 bits per heavy atom. The summed E-state index contributed by atoms with van der Waals surface area (Å²) in [5.74, 6) is 2.10. The van der Waals surface area contributed by atoms with Crippen LogP contribution in [0.4, 0.5) is 0 Å². The van der Waals surface area contributed by atoms with Crippen LogP contribution in [0, 0.1) is 6.92 Å². The van der Waals surface area contributed by atoms with Gasteiger partial charge in [0.05, 0.1) is 28.0 Å². The molecule has 7 nitrogen and oxygen atoms in total. The highest BCUT2D eigenvalue weighted by Crippen LogP contribution is 2.34. The van der Waals surface area contributed by atoms with E-state index in [0.29, 0.717) is 23.3 Å². The molecule has 1 N–H and O–H groups in total. The SMILES string of the molecule is C=CCn1c(S[C@H](C)c2nc3ccccc3c(=O)[nH]2)nnc1-c1ccoc1C. The van der Waals surface area contributed by atoms with Crippen LogP contribution in [0.2, 0.25) is 0 Å².